The smallest absolute Gasteiger partial charge is 0.226 e. The number of rotatable bonds is 8. The van der Waals surface area contributed by atoms with Gasteiger partial charge >= 0.3 is 0 Å². The van der Waals surface area contributed by atoms with Crippen molar-refractivity contribution in [3.8, 4) is 23.1 Å². The topological polar surface area (TPSA) is 99.2 Å². The molecule has 1 fully saturated rings. The largest absolute Gasteiger partial charge is 0.493 e. The van der Waals surface area contributed by atoms with E-state index in [1.165, 1.54) is 0 Å². The van der Waals surface area contributed by atoms with Crippen molar-refractivity contribution >= 4 is 11.6 Å². The third-order valence-corrected chi connectivity index (χ3v) is 5.58. The van der Waals surface area contributed by atoms with E-state index in [9.17, 15) is 0 Å². The summed E-state index contributed by atoms with van der Waals surface area (Å²) in [6, 6.07) is 9.47. The second-order valence-corrected chi connectivity index (χ2v) is 7.69. The van der Waals surface area contributed by atoms with E-state index in [4.69, 9.17) is 23.6 Å². The Hall–Kier alpha value is -3.63. The Morgan fingerprint density at radius 2 is 1.94 bits per heavy atom. The Morgan fingerprint density at radius 1 is 1.09 bits per heavy atom. The molecular weight excluding hydrogens is 424 g/mol. The number of nitrogens with zero attached hydrogens (tertiary/aromatic N) is 5. The first-order valence-corrected chi connectivity index (χ1v) is 10.8. The maximum atomic E-state index is 5.52. The SMILES string of the molecule is COc1ccc(CNc2ncc(CN3CCOCC3)c3nc(-c4ccco4)nn23)cc1OC. The minimum atomic E-state index is 0.519. The Morgan fingerprint density at radius 3 is 2.70 bits per heavy atom. The second-order valence-electron chi connectivity index (χ2n) is 7.69. The summed E-state index contributed by atoms with van der Waals surface area (Å²) in [7, 11) is 3.25. The van der Waals surface area contributed by atoms with E-state index >= 15 is 0 Å². The Bertz CT molecular complexity index is 1220. The van der Waals surface area contributed by atoms with Crippen LogP contribution in [0.4, 0.5) is 5.95 Å². The van der Waals surface area contributed by atoms with Crippen LogP contribution in [0, 0.1) is 0 Å². The van der Waals surface area contributed by atoms with E-state index in [1.54, 1.807) is 25.0 Å². The first-order valence-electron chi connectivity index (χ1n) is 10.8. The van der Waals surface area contributed by atoms with Crippen molar-refractivity contribution in [2.24, 2.45) is 0 Å². The van der Waals surface area contributed by atoms with Gasteiger partial charge in [-0.15, -0.1) is 5.10 Å². The van der Waals surface area contributed by atoms with Gasteiger partial charge in [-0.3, -0.25) is 4.90 Å². The third kappa shape index (κ3) is 4.48. The average Bonchev–Trinajstić information content (AvgIpc) is 3.54. The normalized spacial score (nSPS) is 14.5. The minimum absolute atomic E-state index is 0.519. The van der Waals surface area contributed by atoms with Gasteiger partial charge in [-0.05, 0) is 29.8 Å². The van der Waals surface area contributed by atoms with Gasteiger partial charge in [0.05, 0.1) is 33.7 Å². The van der Waals surface area contributed by atoms with Gasteiger partial charge in [-0.1, -0.05) is 6.07 Å². The van der Waals surface area contributed by atoms with Gasteiger partial charge in [0, 0.05) is 37.9 Å². The van der Waals surface area contributed by atoms with Gasteiger partial charge in [0.2, 0.25) is 11.8 Å². The summed E-state index contributed by atoms with van der Waals surface area (Å²) in [5, 5.41) is 8.05. The number of aromatic nitrogens is 4. The summed E-state index contributed by atoms with van der Waals surface area (Å²) < 4.78 is 23.5. The van der Waals surface area contributed by atoms with E-state index < -0.39 is 0 Å². The number of fused-ring (bicyclic) bond motifs is 1. The van der Waals surface area contributed by atoms with Crippen LogP contribution in [0.25, 0.3) is 17.2 Å². The van der Waals surface area contributed by atoms with Gasteiger partial charge in [-0.2, -0.15) is 4.52 Å². The van der Waals surface area contributed by atoms with Gasteiger partial charge < -0.3 is 23.9 Å². The van der Waals surface area contributed by atoms with Crippen molar-refractivity contribution in [3.63, 3.8) is 0 Å². The zero-order valence-corrected chi connectivity index (χ0v) is 18.7. The lowest BCUT2D eigenvalue weighted by Crippen LogP contribution is -2.35. The number of anilines is 1. The molecule has 0 aliphatic carbocycles. The fourth-order valence-corrected chi connectivity index (χ4v) is 3.83. The van der Waals surface area contributed by atoms with Crippen LogP contribution in [0.3, 0.4) is 0 Å². The van der Waals surface area contributed by atoms with Crippen molar-refractivity contribution in [1.82, 2.24) is 24.5 Å². The Kier molecular flexibility index (Phi) is 6.09. The van der Waals surface area contributed by atoms with Crippen molar-refractivity contribution < 1.29 is 18.6 Å². The van der Waals surface area contributed by atoms with E-state index in [-0.39, 0.29) is 0 Å². The van der Waals surface area contributed by atoms with Crippen LogP contribution in [0.5, 0.6) is 11.5 Å². The molecule has 33 heavy (non-hydrogen) atoms. The predicted molar refractivity (Wildman–Crippen MR) is 121 cm³/mol. The molecule has 0 bridgehead atoms. The summed E-state index contributed by atoms with van der Waals surface area (Å²) in [5.41, 5.74) is 2.77. The Labute approximate surface area is 191 Å². The zero-order valence-electron chi connectivity index (χ0n) is 18.7. The third-order valence-electron chi connectivity index (χ3n) is 5.58. The molecular formula is C23H26N6O4. The number of hydrogen-bond acceptors (Lipinski definition) is 9. The van der Waals surface area contributed by atoms with Gasteiger partial charge in [0.1, 0.15) is 0 Å². The number of nitrogens with one attached hydrogen (secondary N) is 1. The average molecular weight is 450 g/mol. The number of morpholine rings is 1. The highest BCUT2D eigenvalue weighted by molar-refractivity contribution is 5.58. The fourth-order valence-electron chi connectivity index (χ4n) is 3.83. The number of hydrogen-bond donors (Lipinski definition) is 1. The molecule has 3 aromatic heterocycles. The summed E-state index contributed by atoms with van der Waals surface area (Å²) in [6.45, 7) is 4.49. The summed E-state index contributed by atoms with van der Waals surface area (Å²) in [6.07, 6.45) is 3.48. The van der Waals surface area contributed by atoms with Crippen LogP contribution >= 0.6 is 0 Å². The summed E-state index contributed by atoms with van der Waals surface area (Å²) >= 11 is 0. The number of furan rings is 1. The van der Waals surface area contributed by atoms with E-state index in [1.807, 2.05) is 36.5 Å². The standard InChI is InChI=1S/C23H26N6O4/c1-30-18-6-5-16(12-20(18)31-2)13-24-23-25-14-17(15-28-7-10-32-11-8-28)22-26-21(27-29(22)23)19-4-3-9-33-19/h3-6,9,12,14H,7-8,10-11,13,15H2,1-2H3,(H,24,25). The molecule has 1 aliphatic rings. The number of ether oxygens (including phenoxy) is 3. The van der Waals surface area contributed by atoms with Gasteiger partial charge in [0.25, 0.3) is 0 Å². The molecule has 0 amide bonds. The molecule has 0 unspecified atom stereocenters. The van der Waals surface area contributed by atoms with Crippen molar-refractivity contribution in [1.29, 1.82) is 0 Å². The molecule has 0 saturated carbocycles. The van der Waals surface area contributed by atoms with Crippen molar-refractivity contribution in [3.05, 3.63) is 53.9 Å². The summed E-state index contributed by atoms with van der Waals surface area (Å²) in [4.78, 5) is 11.8. The lowest BCUT2D eigenvalue weighted by molar-refractivity contribution is 0.0342. The molecule has 5 rings (SSSR count). The molecule has 0 spiro atoms. The Balaban J connectivity index is 1.45. The van der Waals surface area contributed by atoms with Crippen molar-refractivity contribution in [2.75, 3.05) is 45.8 Å². The monoisotopic (exact) mass is 450 g/mol. The molecule has 0 atom stereocenters. The molecule has 1 saturated heterocycles. The molecule has 10 nitrogen and oxygen atoms in total. The molecule has 10 heteroatoms. The zero-order chi connectivity index (χ0) is 22.6. The number of methoxy groups -OCH3 is 2. The van der Waals surface area contributed by atoms with E-state index in [2.05, 4.69) is 20.3 Å². The molecule has 1 aliphatic heterocycles. The lowest BCUT2D eigenvalue weighted by Gasteiger charge is -2.26. The molecule has 4 heterocycles. The van der Waals surface area contributed by atoms with E-state index in [0.717, 1.165) is 49.6 Å². The van der Waals surface area contributed by atoms with Crippen LogP contribution in [-0.4, -0.2) is 65.0 Å². The highest BCUT2D eigenvalue weighted by atomic mass is 16.5. The first-order chi connectivity index (χ1) is 16.2. The maximum absolute atomic E-state index is 5.52. The highest BCUT2D eigenvalue weighted by Crippen LogP contribution is 2.28. The molecule has 1 N–H and O–H groups in total. The van der Waals surface area contributed by atoms with Crippen LogP contribution < -0.4 is 14.8 Å². The molecule has 4 aromatic rings. The summed E-state index contributed by atoms with van der Waals surface area (Å²) in [5.74, 6) is 3.09. The minimum Gasteiger partial charge on any atom is -0.493 e. The van der Waals surface area contributed by atoms with Crippen molar-refractivity contribution in [2.45, 2.75) is 13.1 Å². The van der Waals surface area contributed by atoms with Crippen LogP contribution in [0.1, 0.15) is 11.1 Å². The maximum Gasteiger partial charge on any atom is 0.226 e. The molecule has 172 valence electrons. The first kappa shape index (κ1) is 21.2. The molecule has 0 radical (unpaired) electrons. The highest BCUT2D eigenvalue weighted by Gasteiger charge is 2.19. The van der Waals surface area contributed by atoms with Crippen LogP contribution in [0.2, 0.25) is 0 Å². The van der Waals surface area contributed by atoms with Crippen LogP contribution in [0.15, 0.2) is 47.2 Å². The number of benzene rings is 1. The quantitative estimate of drug-likeness (QED) is 0.434. The van der Waals surface area contributed by atoms with Gasteiger partial charge in [0.15, 0.2) is 22.9 Å². The molecule has 1 aromatic carbocycles. The van der Waals surface area contributed by atoms with E-state index in [0.29, 0.717) is 35.6 Å². The van der Waals surface area contributed by atoms with Gasteiger partial charge in [-0.25, -0.2) is 9.97 Å². The predicted octanol–water partition coefficient (Wildman–Crippen LogP) is 2.85. The lowest BCUT2D eigenvalue weighted by atomic mass is 10.2. The van der Waals surface area contributed by atoms with Crippen LogP contribution in [-0.2, 0) is 17.8 Å². The second kappa shape index (κ2) is 9.47. The fraction of sp³-hybridized carbons (Fsp3) is 0.348.